The van der Waals surface area contributed by atoms with E-state index in [9.17, 15) is 18.4 Å². The second-order valence-electron chi connectivity index (χ2n) is 7.16. The molecular formula is C20H19F2N7O3. The molecule has 4 rings (SSSR count). The number of benzene rings is 1. The Bertz CT molecular complexity index is 1150. The van der Waals surface area contributed by atoms with Crippen molar-refractivity contribution in [3.63, 3.8) is 0 Å². The molecule has 0 bridgehead atoms. The predicted octanol–water partition coefficient (Wildman–Crippen LogP) is 2.71. The lowest BCUT2D eigenvalue weighted by atomic mass is 10.1. The number of anilines is 1. The van der Waals surface area contributed by atoms with Crippen molar-refractivity contribution in [1.29, 1.82) is 0 Å². The summed E-state index contributed by atoms with van der Waals surface area (Å²) in [6, 6.07) is 5.63. The van der Waals surface area contributed by atoms with Gasteiger partial charge in [-0.2, -0.15) is 0 Å². The van der Waals surface area contributed by atoms with E-state index in [0.29, 0.717) is 37.7 Å². The minimum Gasteiger partial charge on any atom is -0.436 e. The first kappa shape index (κ1) is 21.2. The van der Waals surface area contributed by atoms with E-state index in [1.165, 1.54) is 18.5 Å². The maximum Gasteiger partial charge on any atom is 0.321 e. The minimum atomic E-state index is -0.862. The molecule has 3 N–H and O–H groups in total. The number of urea groups is 1. The molecule has 3 heterocycles. The lowest BCUT2D eigenvalue weighted by Crippen LogP contribution is -2.41. The van der Waals surface area contributed by atoms with Crippen LogP contribution in [-0.4, -0.2) is 49.9 Å². The molecule has 0 atom stereocenters. The van der Waals surface area contributed by atoms with Crippen LogP contribution >= 0.6 is 0 Å². The number of amides is 3. The maximum atomic E-state index is 13.8. The molecule has 1 fully saturated rings. The number of rotatable bonds is 5. The number of pyridine rings is 1. The number of halogens is 2. The van der Waals surface area contributed by atoms with E-state index in [4.69, 9.17) is 10.5 Å². The van der Waals surface area contributed by atoms with Gasteiger partial charge in [0, 0.05) is 37.1 Å². The first-order valence-corrected chi connectivity index (χ1v) is 9.75. The van der Waals surface area contributed by atoms with Gasteiger partial charge in [-0.1, -0.05) is 5.21 Å². The molecule has 3 aromatic rings. The number of ether oxygens (including phenoxy) is 1. The van der Waals surface area contributed by atoms with E-state index < -0.39 is 17.5 Å². The van der Waals surface area contributed by atoms with Gasteiger partial charge in [-0.25, -0.2) is 23.2 Å². The molecule has 1 saturated heterocycles. The first-order chi connectivity index (χ1) is 15.4. The monoisotopic (exact) mass is 443 g/mol. The van der Waals surface area contributed by atoms with Crippen LogP contribution < -0.4 is 15.8 Å². The molecular weight excluding hydrogens is 424 g/mol. The number of nitrogens with zero attached hydrogens (tertiary/aromatic N) is 5. The van der Waals surface area contributed by atoms with Crippen molar-refractivity contribution in [3.8, 4) is 11.6 Å². The summed E-state index contributed by atoms with van der Waals surface area (Å²) in [4.78, 5) is 29.4. The van der Waals surface area contributed by atoms with Crippen LogP contribution in [0.25, 0.3) is 0 Å². The van der Waals surface area contributed by atoms with Crippen LogP contribution in [0.3, 0.4) is 0 Å². The summed E-state index contributed by atoms with van der Waals surface area (Å²) in [6.07, 6.45) is 4.16. The molecule has 1 aliphatic rings. The summed E-state index contributed by atoms with van der Waals surface area (Å²) in [5.41, 5.74) is 5.70. The smallest absolute Gasteiger partial charge is 0.321 e. The Morgan fingerprint density at radius 1 is 1.16 bits per heavy atom. The molecule has 0 radical (unpaired) electrons. The molecule has 0 spiro atoms. The van der Waals surface area contributed by atoms with Crippen molar-refractivity contribution in [2.24, 2.45) is 5.73 Å². The van der Waals surface area contributed by atoms with Crippen LogP contribution in [0, 0.1) is 11.6 Å². The number of hydrogen-bond donors (Lipinski definition) is 2. The van der Waals surface area contributed by atoms with Gasteiger partial charge in [-0.15, -0.1) is 5.10 Å². The molecule has 1 aliphatic heterocycles. The molecule has 32 heavy (non-hydrogen) atoms. The Balaban J connectivity index is 1.34. The van der Waals surface area contributed by atoms with Crippen molar-refractivity contribution in [3.05, 3.63) is 60.1 Å². The van der Waals surface area contributed by atoms with E-state index in [-0.39, 0.29) is 29.4 Å². The second kappa shape index (κ2) is 8.96. The lowest BCUT2D eigenvalue weighted by molar-refractivity contribution is 0.0995. The number of piperidine rings is 1. The number of primary amides is 1. The van der Waals surface area contributed by atoms with Crippen molar-refractivity contribution in [2.75, 3.05) is 18.4 Å². The van der Waals surface area contributed by atoms with Crippen LogP contribution in [0.1, 0.15) is 29.4 Å². The van der Waals surface area contributed by atoms with Crippen molar-refractivity contribution in [1.82, 2.24) is 24.9 Å². The van der Waals surface area contributed by atoms with Gasteiger partial charge in [-0.3, -0.25) is 4.79 Å². The average Bonchev–Trinajstić information content (AvgIpc) is 3.27. The zero-order valence-electron chi connectivity index (χ0n) is 16.7. The van der Waals surface area contributed by atoms with Crippen LogP contribution in [0.5, 0.6) is 11.6 Å². The van der Waals surface area contributed by atoms with Crippen LogP contribution in [0.4, 0.5) is 19.3 Å². The van der Waals surface area contributed by atoms with Gasteiger partial charge in [0.2, 0.25) is 5.88 Å². The van der Waals surface area contributed by atoms with Crippen LogP contribution in [0.2, 0.25) is 0 Å². The van der Waals surface area contributed by atoms with Crippen LogP contribution in [-0.2, 0) is 0 Å². The van der Waals surface area contributed by atoms with Gasteiger partial charge < -0.3 is 20.7 Å². The molecule has 166 valence electrons. The highest BCUT2D eigenvalue weighted by molar-refractivity contribution is 5.90. The normalized spacial score (nSPS) is 14.2. The summed E-state index contributed by atoms with van der Waals surface area (Å²) in [5.74, 6) is -2.36. The van der Waals surface area contributed by atoms with Gasteiger partial charge in [0.15, 0.2) is 17.3 Å². The molecule has 0 saturated carbocycles. The number of nitrogens with one attached hydrogen (secondary N) is 1. The van der Waals surface area contributed by atoms with Crippen molar-refractivity contribution >= 4 is 17.6 Å². The summed E-state index contributed by atoms with van der Waals surface area (Å²) in [7, 11) is 0. The van der Waals surface area contributed by atoms with Crippen molar-refractivity contribution in [2.45, 2.75) is 18.9 Å². The number of hydrogen-bond acceptors (Lipinski definition) is 6. The zero-order chi connectivity index (χ0) is 22.7. The molecule has 0 unspecified atom stereocenters. The van der Waals surface area contributed by atoms with E-state index in [2.05, 4.69) is 20.6 Å². The number of carbonyl (C=O) groups excluding carboxylic acids is 2. The van der Waals surface area contributed by atoms with E-state index in [0.717, 1.165) is 12.1 Å². The number of aromatic nitrogens is 4. The predicted molar refractivity (Wildman–Crippen MR) is 108 cm³/mol. The third-order valence-corrected chi connectivity index (χ3v) is 4.98. The fraction of sp³-hybridized carbons (Fsp3) is 0.250. The molecule has 0 aliphatic carbocycles. The Morgan fingerprint density at radius 2 is 1.94 bits per heavy atom. The Kier molecular flexibility index (Phi) is 5.92. The summed E-state index contributed by atoms with van der Waals surface area (Å²) in [6.45, 7) is 0.939. The first-order valence-electron chi connectivity index (χ1n) is 9.75. The van der Waals surface area contributed by atoms with Crippen LogP contribution in [0.15, 0.2) is 42.7 Å². The molecule has 2 aromatic heterocycles. The van der Waals surface area contributed by atoms with Gasteiger partial charge in [0.25, 0.3) is 5.91 Å². The SMILES string of the molecule is NC(=O)c1cn(C2CCN(C(=O)Nc3ccnc(Oc4ccc(F)cc4F)c3)CC2)nn1. The van der Waals surface area contributed by atoms with Gasteiger partial charge >= 0.3 is 6.03 Å². The molecule has 1 aromatic carbocycles. The Hall–Kier alpha value is -4.09. The third-order valence-electron chi connectivity index (χ3n) is 4.98. The topological polar surface area (TPSA) is 128 Å². The highest BCUT2D eigenvalue weighted by atomic mass is 19.1. The number of carbonyl (C=O) groups is 2. The number of nitrogens with two attached hydrogens (primary N) is 1. The van der Waals surface area contributed by atoms with Gasteiger partial charge in [0.05, 0.1) is 12.2 Å². The summed E-state index contributed by atoms with van der Waals surface area (Å²) < 4.78 is 33.8. The lowest BCUT2D eigenvalue weighted by Gasteiger charge is -2.31. The summed E-state index contributed by atoms with van der Waals surface area (Å²) >= 11 is 0. The van der Waals surface area contributed by atoms with Gasteiger partial charge in [-0.05, 0) is 31.0 Å². The number of likely N-dealkylation sites (tertiary alicyclic amines) is 1. The fourth-order valence-corrected chi connectivity index (χ4v) is 3.32. The fourth-order valence-electron chi connectivity index (χ4n) is 3.32. The quantitative estimate of drug-likeness (QED) is 0.624. The minimum absolute atomic E-state index is 0.00573. The maximum absolute atomic E-state index is 13.8. The summed E-state index contributed by atoms with van der Waals surface area (Å²) in [5, 5.41) is 10.4. The highest BCUT2D eigenvalue weighted by Crippen LogP contribution is 2.26. The Labute approximate surface area is 181 Å². The Morgan fingerprint density at radius 3 is 2.62 bits per heavy atom. The highest BCUT2D eigenvalue weighted by Gasteiger charge is 2.25. The van der Waals surface area contributed by atoms with E-state index in [1.807, 2.05) is 0 Å². The van der Waals surface area contributed by atoms with E-state index in [1.54, 1.807) is 15.6 Å². The molecule has 10 nitrogen and oxygen atoms in total. The van der Waals surface area contributed by atoms with Gasteiger partial charge in [0.1, 0.15) is 5.82 Å². The average molecular weight is 443 g/mol. The van der Waals surface area contributed by atoms with Crippen molar-refractivity contribution < 1.29 is 23.1 Å². The molecule has 3 amide bonds. The second-order valence-corrected chi connectivity index (χ2v) is 7.16. The largest absolute Gasteiger partial charge is 0.436 e. The van der Waals surface area contributed by atoms with E-state index >= 15 is 0 Å². The standard InChI is InChI=1S/C20H19F2N7O3/c21-12-1-2-17(15(22)9-12)32-18-10-13(3-6-24-18)25-20(31)28-7-4-14(5-8-28)29-11-16(19(23)30)26-27-29/h1-3,6,9-11,14H,4-5,7-8H2,(H2,23,30)(H,24,25,31). The third kappa shape index (κ3) is 4.79. The zero-order valence-corrected chi connectivity index (χ0v) is 16.7. The molecule has 12 heteroatoms.